The van der Waals surface area contributed by atoms with Crippen LogP contribution in [0, 0.1) is 0 Å². The number of aromatic nitrogens is 1. The van der Waals surface area contributed by atoms with Gasteiger partial charge >= 0.3 is 6.16 Å². The zero-order chi connectivity index (χ0) is 18.1. The Kier molecular flexibility index (Phi) is 4.05. The Balaban J connectivity index is 1.60. The van der Waals surface area contributed by atoms with Crippen LogP contribution >= 0.6 is 0 Å². The highest BCUT2D eigenvalue weighted by atomic mass is 16.7. The third-order valence-electron chi connectivity index (χ3n) is 4.78. The summed E-state index contributed by atoms with van der Waals surface area (Å²) in [6.45, 7) is 0.488. The topological polar surface area (TPSA) is 97.6 Å². The summed E-state index contributed by atoms with van der Waals surface area (Å²) in [6, 6.07) is 15.8. The summed E-state index contributed by atoms with van der Waals surface area (Å²) in [5, 5.41) is 9.93. The summed E-state index contributed by atoms with van der Waals surface area (Å²) in [4.78, 5) is 14.3. The van der Waals surface area contributed by atoms with Crippen LogP contribution in [0.15, 0.2) is 48.5 Å². The molecular formula is C20H20N2O4. The average Bonchev–Trinajstić information content (AvgIpc) is 2.97. The Hall–Kier alpha value is -2.99. The standard InChI is InChI=1S/C20H20N2O4/c21-20(26-19(23)24)9-8-18-16(11-20)15-10-14(6-7-17(15)22-18)25-12-13-4-2-1-3-5-13/h1-7,10,22H,8-9,11-12,21H2,(H,23,24). The van der Waals surface area contributed by atoms with Crippen molar-refractivity contribution in [3.63, 3.8) is 0 Å². The molecule has 1 aliphatic carbocycles. The monoisotopic (exact) mass is 352 g/mol. The van der Waals surface area contributed by atoms with E-state index in [0.29, 0.717) is 25.9 Å². The maximum atomic E-state index is 10.9. The Labute approximate surface area is 150 Å². The van der Waals surface area contributed by atoms with Crippen molar-refractivity contribution in [3.05, 3.63) is 65.4 Å². The molecule has 6 nitrogen and oxygen atoms in total. The predicted molar refractivity (Wildman–Crippen MR) is 97.1 cm³/mol. The van der Waals surface area contributed by atoms with Gasteiger partial charge in [0.25, 0.3) is 0 Å². The van der Waals surface area contributed by atoms with Gasteiger partial charge in [-0.25, -0.2) is 4.79 Å². The second-order valence-corrected chi connectivity index (χ2v) is 6.67. The van der Waals surface area contributed by atoms with E-state index >= 15 is 0 Å². The summed E-state index contributed by atoms with van der Waals surface area (Å²) in [7, 11) is 0. The highest BCUT2D eigenvalue weighted by Gasteiger charge is 2.36. The lowest BCUT2D eigenvalue weighted by molar-refractivity contribution is -0.0235. The smallest absolute Gasteiger partial charge is 0.489 e. The van der Waals surface area contributed by atoms with Crippen LogP contribution in [-0.4, -0.2) is 22.0 Å². The van der Waals surface area contributed by atoms with Gasteiger partial charge in [-0.1, -0.05) is 30.3 Å². The second kappa shape index (κ2) is 6.38. The molecule has 134 valence electrons. The van der Waals surface area contributed by atoms with Crippen molar-refractivity contribution in [2.75, 3.05) is 0 Å². The van der Waals surface area contributed by atoms with E-state index < -0.39 is 11.9 Å². The number of nitrogens with two attached hydrogens (primary N) is 1. The van der Waals surface area contributed by atoms with Crippen LogP contribution in [-0.2, 0) is 24.2 Å². The van der Waals surface area contributed by atoms with E-state index in [4.69, 9.17) is 20.3 Å². The summed E-state index contributed by atoms with van der Waals surface area (Å²) in [5.74, 6) is 0.760. The van der Waals surface area contributed by atoms with Crippen LogP contribution in [0.5, 0.6) is 5.75 Å². The molecule has 0 fully saturated rings. The minimum absolute atomic E-state index is 0.344. The molecule has 1 unspecified atom stereocenters. The van der Waals surface area contributed by atoms with Crippen LogP contribution < -0.4 is 10.5 Å². The molecule has 0 saturated heterocycles. The first-order valence-electron chi connectivity index (χ1n) is 8.53. The van der Waals surface area contributed by atoms with Crippen LogP contribution in [0.2, 0.25) is 0 Å². The third kappa shape index (κ3) is 3.23. The highest BCUT2D eigenvalue weighted by Crippen LogP contribution is 2.35. The molecule has 0 spiro atoms. The van der Waals surface area contributed by atoms with E-state index in [2.05, 4.69) is 4.98 Å². The van der Waals surface area contributed by atoms with E-state index in [1.54, 1.807) is 0 Å². The first kappa shape index (κ1) is 16.5. The molecule has 4 rings (SSSR count). The number of H-pyrrole nitrogens is 1. The first-order chi connectivity index (χ1) is 12.5. The van der Waals surface area contributed by atoms with E-state index in [1.165, 1.54) is 0 Å². The number of carbonyl (C=O) groups is 1. The van der Waals surface area contributed by atoms with Gasteiger partial charge in [-0.05, 0) is 35.7 Å². The summed E-state index contributed by atoms with van der Waals surface area (Å²) < 4.78 is 10.8. The Morgan fingerprint density at radius 1 is 1.23 bits per heavy atom. The van der Waals surface area contributed by atoms with Gasteiger partial charge in [0.1, 0.15) is 12.4 Å². The lowest BCUT2D eigenvalue weighted by Gasteiger charge is -2.31. The number of ether oxygens (including phenoxy) is 2. The molecule has 1 aliphatic rings. The zero-order valence-electron chi connectivity index (χ0n) is 14.2. The largest absolute Gasteiger partial charge is 0.507 e. The average molecular weight is 352 g/mol. The van der Waals surface area contributed by atoms with E-state index in [0.717, 1.165) is 33.5 Å². The van der Waals surface area contributed by atoms with Crippen molar-refractivity contribution in [1.82, 2.24) is 4.98 Å². The third-order valence-corrected chi connectivity index (χ3v) is 4.78. The van der Waals surface area contributed by atoms with Crippen LogP contribution in [0.4, 0.5) is 4.79 Å². The fourth-order valence-electron chi connectivity index (χ4n) is 3.51. The van der Waals surface area contributed by atoms with Gasteiger partial charge < -0.3 is 19.6 Å². The molecule has 0 bridgehead atoms. The van der Waals surface area contributed by atoms with Gasteiger partial charge in [0.2, 0.25) is 0 Å². The number of fused-ring (bicyclic) bond motifs is 3. The predicted octanol–water partition coefficient (Wildman–Crippen LogP) is 3.59. The number of rotatable bonds is 4. The number of hydrogen-bond donors (Lipinski definition) is 3. The molecule has 0 saturated carbocycles. The van der Waals surface area contributed by atoms with Crippen molar-refractivity contribution < 1.29 is 19.4 Å². The number of benzene rings is 2. The van der Waals surface area contributed by atoms with Crippen molar-refractivity contribution in [2.45, 2.75) is 31.6 Å². The second-order valence-electron chi connectivity index (χ2n) is 6.67. The molecule has 1 aromatic heterocycles. The summed E-state index contributed by atoms with van der Waals surface area (Å²) in [5.41, 5.74) is 9.13. The number of aromatic amines is 1. The van der Waals surface area contributed by atoms with E-state index in [1.807, 2.05) is 48.5 Å². The Morgan fingerprint density at radius 3 is 2.81 bits per heavy atom. The van der Waals surface area contributed by atoms with Gasteiger partial charge in [0.05, 0.1) is 0 Å². The highest BCUT2D eigenvalue weighted by molar-refractivity contribution is 5.86. The minimum Gasteiger partial charge on any atom is -0.489 e. The molecule has 0 radical (unpaired) electrons. The van der Waals surface area contributed by atoms with Crippen molar-refractivity contribution in [2.24, 2.45) is 5.73 Å². The summed E-state index contributed by atoms with van der Waals surface area (Å²) >= 11 is 0. The number of nitrogens with one attached hydrogen (secondary N) is 1. The fraction of sp³-hybridized carbons (Fsp3) is 0.250. The number of aryl methyl sites for hydroxylation is 1. The Morgan fingerprint density at radius 2 is 2.04 bits per heavy atom. The summed E-state index contributed by atoms with van der Waals surface area (Å²) in [6.07, 6.45) is 0.101. The van der Waals surface area contributed by atoms with Crippen molar-refractivity contribution >= 4 is 17.1 Å². The van der Waals surface area contributed by atoms with Crippen molar-refractivity contribution in [1.29, 1.82) is 0 Å². The molecule has 3 aromatic rings. The lowest BCUT2D eigenvalue weighted by Crippen LogP contribution is -2.48. The molecule has 4 N–H and O–H groups in total. The number of hydrogen-bond acceptors (Lipinski definition) is 4. The first-order valence-corrected chi connectivity index (χ1v) is 8.53. The van der Waals surface area contributed by atoms with E-state index in [-0.39, 0.29) is 0 Å². The maximum absolute atomic E-state index is 10.9. The van der Waals surface area contributed by atoms with Crippen molar-refractivity contribution in [3.8, 4) is 5.75 Å². The Bertz CT molecular complexity index is 951. The molecule has 1 heterocycles. The molecule has 0 aliphatic heterocycles. The normalized spacial score (nSPS) is 19.1. The molecule has 1 atom stereocenters. The fourth-order valence-corrected chi connectivity index (χ4v) is 3.51. The quantitative estimate of drug-likeness (QED) is 0.492. The van der Waals surface area contributed by atoms with E-state index in [9.17, 15) is 4.79 Å². The van der Waals surface area contributed by atoms with Gasteiger partial charge in [-0.3, -0.25) is 5.73 Å². The minimum atomic E-state index is -1.34. The van der Waals surface area contributed by atoms with Crippen LogP contribution in [0.1, 0.15) is 23.2 Å². The molecular weight excluding hydrogens is 332 g/mol. The van der Waals surface area contributed by atoms with Crippen LogP contribution in [0.25, 0.3) is 10.9 Å². The van der Waals surface area contributed by atoms with Gasteiger partial charge in [-0.2, -0.15) is 0 Å². The SMILES string of the molecule is NC1(OC(=O)O)CCc2[nH]c3ccc(OCc4ccccc4)cc3c2C1. The van der Waals surface area contributed by atoms with Crippen LogP contribution in [0.3, 0.4) is 0 Å². The number of carboxylic acid groups (broad SMARTS) is 1. The molecule has 26 heavy (non-hydrogen) atoms. The van der Waals surface area contributed by atoms with Gasteiger partial charge in [0.15, 0.2) is 5.72 Å². The molecule has 0 amide bonds. The zero-order valence-corrected chi connectivity index (χ0v) is 14.2. The van der Waals surface area contributed by atoms with Gasteiger partial charge in [0, 0.05) is 29.4 Å². The molecule has 2 aromatic carbocycles. The van der Waals surface area contributed by atoms with Gasteiger partial charge in [-0.15, -0.1) is 0 Å². The molecule has 6 heteroatoms. The maximum Gasteiger partial charge on any atom is 0.507 e. The lowest BCUT2D eigenvalue weighted by atomic mass is 9.89.